The Kier molecular flexibility index (Phi) is 5.83. The van der Waals surface area contributed by atoms with Gasteiger partial charge in [-0.3, -0.25) is 4.79 Å². The lowest BCUT2D eigenvalue weighted by atomic mass is 10.2. The van der Waals surface area contributed by atoms with Crippen molar-refractivity contribution in [2.45, 2.75) is 26.5 Å². The van der Waals surface area contributed by atoms with Crippen LogP contribution in [0, 0.1) is 0 Å². The first-order valence-corrected chi connectivity index (χ1v) is 7.33. The lowest BCUT2D eigenvalue weighted by Gasteiger charge is -2.12. The van der Waals surface area contributed by atoms with Crippen molar-refractivity contribution < 1.29 is 14.3 Å². The number of hydrogen-bond donors (Lipinski definition) is 1. The van der Waals surface area contributed by atoms with E-state index in [9.17, 15) is 4.79 Å². The molecule has 1 amide bonds. The van der Waals surface area contributed by atoms with E-state index >= 15 is 0 Å². The van der Waals surface area contributed by atoms with Crippen LogP contribution in [0.15, 0.2) is 48.5 Å². The van der Waals surface area contributed by atoms with E-state index in [1.807, 2.05) is 55.5 Å². The topological polar surface area (TPSA) is 47.6 Å². The number of hydrogen-bond acceptors (Lipinski definition) is 3. The van der Waals surface area contributed by atoms with Crippen LogP contribution in [0.25, 0.3) is 0 Å². The second kappa shape index (κ2) is 8.08. The Bertz CT molecular complexity index is 611. The molecule has 0 unspecified atom stereocenters. The molecule has 0 saturated heterocycles. The number of carbonyl (C=O) groups is 1. The minimum atomic E-state index is 0.0309. The zero-order valence-electron chi connectivity index (χ0n) is 13.0. The fraction of sp³-hybridized carbons (Fsp3) is 0.278. The zero-order valence-corrected chi connectivity index (χ0v) is 13.0. The number of ether oxygens (including phenoxy) is 2. The fourth-order valence-electron chi connectivity index (χ4n) is 2.00. The molecule has 4 heteroatoms. The maximum atomic E-state index is 11.3. The van der Waals surface area contributed by atoms with Gasteiger partial charge in [0.05, 0.1) is 7.11 Å². The number of amides is 1. The summed E-state index contributed by atoms with van der Waals surface area (Å²) in [5, 5.41) is 2.84. The average Bonchev–Trinajstić information content (AvgIpc) is 2.58. The third kappa shape index (κ3) is 4.52. The maximum Gasteiger partial charge on any atom is 0.219 e. The quantitative estimate of drug-likeness (QED) is 0.853. The SMILES string of the molecule is CCC(=O)NCc1ccc(OCc2ccccc2)c(OC)c1. The summed E-state index contributed by atoms with van der Waals surface area (Å²) in [5.41, 5.74) is 2.08. The van der Waals surface area contributed by atoms with Crippen LogP contribution in [-0.4, -0.2) is 13.0 Å². The summed E-state index contributed by atoms with van der Waals surface area (Å²) in [6.45, 7) is 2.81. The van der Waals surface area contributed by atoms with Gasteiger partial charge in [0.1, 0.15) is 6.61 Å². The number of nitrogens with one attached hydrogen (secondary N) is 1. The average molecular weight is 299 g/mol. The number of benzene rings is 2. The molecule has 2 rings (SSSR count). The van der Waals surface area contributed by atoms with Crippen molar-refractivity contribution >= 4 is 5.91 Å². The summed E-state index contributed by atoms with van der Waals surface area (Å²) >= 11 is 0. The summed E-state index contributed by atoms with van der Waals surface area (Å²) in [5.74, 6) is 1.39. The minimum absolute atomic E-state index is 0.0309. The van der Waals surface area contributed by atoms with Crippen molar-refractivity contribution in [1.82, 2.24) is 5.32 Å². The molecule has 0 bridgehead atoms. The van der Waals surface area contributed by atoms with Crippen molar-refractivity contribution in [3.63, 3.8) is 0 Å². The van der Waals surface area contributed by atoms with E-state index in [1.54, 1.807) is 7.11 Å². The molecular formula is C18H21NO3. The first kappa shape index (κ1) is 15.9. The second-order valence-electron chi connectivity index (χ2n) is 4.89. The molecule has 0 fully saturated rings. The van der Waals surface area contributed by atoms with E-state index in [0.717, 1.165) is 11.1 Å². The van der Waals surface area contributed by atoms with Crippen molar-refractivity contribution in [2.24, 2.45) is 0 Å². The van der Waals surface area contributed by atoms with Gasteiger partial charge in [-0.2, -0.15) is 0 Å². The van der Waals surface area contributed by atoms with Crippen molar-refractivity contribution in [3.8, 4) is 11.5 Å². The van der Waals surface area contributed by atoms with Gasteiger partial charge in [-0.25, -0.2) is 0 Å². The van der Waals surface area contributed by atoms with Crippen LogP contribution in [0.1, 0.15) is 24.5 Å². The molecule has 1 N–H and O–H groups in total. The van der Waals surface area contributed by atoms with Gasteiger partial charge in [-0.15, -0.1) is 0 Å². The molecule has 2 aromatic carbocycles. The van der Waals surface area contributed by atoms with Gasteiger partial charge in [0.15, 0.2) is 11.5 Å². The lowest BCUT2D eigenvalue weighted by Crippen LogP contribution is -2.21. The second-order valence-corrected chi connectivity index (χ2v) is 4.89. The predicted octanol–water partition coefficient (Wildman–Crippen LogP) is 3.30. The van der Waals surface area contributed by atoms with E-state index < -0.39 is 0 Å². The molecule has 0 aromatic heterocycles. The van der Waals surface area contributed by atoms with E-state index in [0.29, 0.717) is 31.1 Å². The van der Waals surface area contributed by atoms with Crippen molar-refractivity contribution in [1.29, 1.82) is 0 Å². The molecule has 22 heavy (non-hydrogen) atoms. The Morgan fingerprint density at radius 1 is 1.05 bits per heavy atom. The fourth-order valence-corrected chi connectivity index (χ4v) is 2.00. The van der Waals surface area contributed by atoms with Gasteiger partial charge in [-0.1, -0.05) is 43.3 Å². The highest BCUT2D eigenvalue weighted by Crippen LogP contribution is 2.28. The molecule has 0 atom stereocenters. The summed E-state index contributed by atoms with van der Waals surface area (Å²) in [4.78, 5) is 11.3. The Morgan fingerprint density at radius 2 is 1.82 bits per heavy atom. The standard InChI is InChI=1S/C18H21NO3/c1-3-18(20)19-12-15-9-10-16(17(11-15)21-2)22-13-14-7-5-4-6-8-14/h4-11H,3,12-13H2,1-2H3,(H,19,20). The summed E-state index contributed by atoms with van der Waals surface area (Å²) in [7, 11) is 1.61. The van der Waals surface area contributed by atoms with Crippen LogP contribution in [0.4, 0.5) is 0 Å². The highest BCUT2D eigenvalue weighted by atomic mass is 16.5. The van der Waals surface area contributed by atoms with E-state index in [2.05, 4.69) is 5.32 Å². The Morgan fingerprint density at radius 3 is 2.50 bits per heavy atom. The maximum absolute atomic E-state index is 11.3. The zero-order chi connectivity index (χ0) is 15.8. The molecule has 0 aliphatic rings. The van der Waals surface area contributed by atoms with Gasteiger partial charge in [0.25, 0.3) is 0 Å². The number of methoxy groups -OCH3 is 1. The third-order valence-corrected chi connectivity index (χ3v) is 3.28. The van der Waals surface area contributed by atoms with Crippen LogP contribution < -0.4 is 14.8 Å². The largest absolute Gasteiger partial charge is 0.493 e. The van der Waals surface area contributed by atoms with E-state index in [4.69, 9.17) is 9.47 Å². The monoisotopic (exact) mass is 299 g/mol. The van der Waals surface area contributed by atoms with Crippen LogP contribution >= 0.6 is 0 Å². The third-order valence-electron chi connectivity index (χ3n) is 3.28. The molecule has 0 aliphatic carbocycles. The lowest BCUT2D eigenvalue weighted by molar-refractivity contribution is -0.120. The summed E-state index contributed by atoms with van der Waals surface area (Å²) in [6.07, 6.45) is 0.482. The van der Waals surface area contributed by atoms with Gasteiger partial charge in [-0.05, 0) is 23.3 Å². The Balaban J connectivity index is 2.01. The van der Waals surface area contributed by atoms with Crippen molar-refractivity contribution in [2.75, 3.05) is 7.11 Å². The number of rotatable bonds is 7. The summed E-state index contributed by atoms with van der Waals surface area (Å²) < 4.78 is 11.2. The van der Waals surface area contributed by atoms with E-state index in [1.165, 1.54) is 0 Å². The molecule has 0 saturated carbocycles. The predicted molar refractivity (Wildman–Crippen MR) is 85.9 cm³/mol. The van der Waals surface area contributed by atoms with Gasteiger partial charge in [0, 0.05) is 13.0 Å². The minimum Gasteiger partial charge on any atom is -0.493 e. The van der Waals surface area contributed by atoms with Crippen LogP contribution in [0.2, 0.25) is 0 Å². The normalized spacial score (nSPS) is 10.1. The Labute approximate surface area is 131 Å². The molecular weight excluding hydrogens is 278 g/mol. The highest BCUT2D eigenvalue weighted by molar-refractivity contribution is 5.75. The van der Waals surface area contributed by atoms with Crippen LogP contribution in [-0.2, 0) is 17.9 Å². The molecule has 116 valence electrons. The number of carbonyl (C=O) groups excluding carboxylic acids is 1. The molecule has 2 aromatic rings. The smallest absolute Gasteiger partial charge is 0.219 e. The van der Waals surface area contributed by atoms with Crippen LogP contribution in [0.5, 0.6) is 11.5 Å². The van der Waals surface area contributed by atoms with Crippen molar-refractivity contribution in [3.05, 3.63) is 59.7 Å². The van der Waals surface area contributed by atoms with E-state index in [-0.39, 0.29) is 5.91 Å². The first-order chi connectivity index (χ1) is 10.7. The van der Waals surface area contributed by atoms with Gasteiger partial charge in [0.2, 0.25) is 5.91 Å². The molecule has 4 nitrogen and oxygen atoms in total. The molecule has 0 radical (unpaired) electrons. The summed E-state index contributed by atoms with van der Waals surface area (Å²) in [6, 6.07) is 15.7. The molecule has 0 spiro atoms. The molecule has 0 aliphatic heterocycles. The molecule has 0 heterocycles. The van der Waals surface area contributed by atoms with Crippen LogP contribution in [0.3, 0.4) is 0 Å². The van der Waals surface area contributed by atoms with Gasteiger partial charge < -0.3 is 14.8 Å². The first-order valence-electron chi connectivity index (χ1n) is 7.33. The Hall–Kier alpha value is -2.49. The van der Waals surface area contributed by atoms with Gasteiger partial charge >= 0.3 is 0 Å². The highest BCUT2D eigenvalue weighted by Gasteiger charge is 2.07.